The van der Waals surface area contributed by atoms with Gasteiger partial charge in [0.2, 0.25) is 5.78 Å². The molecular weight excluding hydrogens is 300 g/mol. The van der Waals surface area contributed by atoms with E-state index in [-0.39, 0.29) is 12.4 Å². The summed E-state index contributed by atoms with van der Waals surface area (Å²) >= 11 is 0. The van der Waals surface area contributed by atoms with Crippen molar-refractivity contribution in [3.05, 3.63) is 75.9 Å². The first-order chi connectivity index (χ1) is 11.3. The van der Waals surface area contributed by atoms with Gasteiger partial charge in [-0.15, -0.1) is 0 Å². The van der Waals surface area contributed by atoms with Gasteiger partial charge in [-0.1, -0.05) is 30.9 Å². The van der Waals surface area contributed by atoms with E-state index in [0.717, 1.165) is 27.8 Å². The highest BCUT2D eigenvalue weighted by Crippen LogP contribution is 2.22. The summed E-state index contributed by atoms with van der Waals surface area (Å²) in [6.07, 6.45) is 1.70. The summed E-state index contributed by atoms with van der Waals surface area (Å²) in [5.41, 5.74) is 6.00. The predicted octanol–water partition coefficient (Wildman–Crippen LogP) is 4.60. The van der Waals surface area contributed by atoms with Crippen LogP contribution < -0.4 is 0 Å². The fourth-order valence-electron chi connectivity index (χ4n) is 2.68. The van der Waals surface area contributed by atoms with E-state index in [1.165, 1.54) is 0 Å². The second-order valence-electron chi connectivity index (χ2n) is 5.96. The van der Waals surface area contributed by atoms with Crippen LogP contribution in [0.25, 0.3) is 6.08 Å². The Morgan fingerprint density at radius 2 is 1.54 bits per heavy atom. The highest BCUT2D eigenvalue weighted by molar-refractivity contribution is 6.02. The van der Waals surface area contributed by atoms with Crippen molar-refractivity contribution in [3.63, 3.8) is 0 Å². The number of benzene rings is 2. The number of ether oxygens (including phenoxy) is 1. The number of hydrogen-bond acceptors (Lipinski definition) is 3. The highest BCUT2D eigenvalue weighted by atomic mass is 16.5. The zero-order valence-corrected chi connectivity index (χ0v) is 14.6. The maximum absolute atomic E-state index is 12.5. The van der Waals surface area contributed by atoms with Crippen LogP contribution in [0.4, 0.5) is 0 Å². The van der Waals surface area contributed by atoms with Crippen molar-refractivity contribution in [1.29, 1.82) is 0 Å². The van der Waals surface area contributed by atoms with Crippen LogP contribution in [0.2, 0.25) is 0 Å². The third-order valence-electron chi connectivity index (χ3n) is 4.36. The maximum atomic E-state index is 12.5. The Morgan fingerprint density at radius 3 is 2.04 bits per heavy atom. The molecule has 0 aliphatic carbocycles. The molecule has 0 saturated carbocycles. The topological polar surface area (TPSA) is 43.4 Å². The lowest BCUT2D eigenvalue weighted by Gasteiger charge is -2.14. The first-order valence-electron chi connectivity index (χ1n) is 7.85. The van der Waals surface area contributed by atoms with Crippen molar-refractivity contribution >= 4 is 17.8 Å². The maximum Gasteiger partial charge on any atom is 0.338 e. The van der Waals surface area contributed by atoms with Crippen LogP contribution in [0, 0.1) is 27.7 Å². The molecule has 124 valence electrons. The summed E-state index contributed by atoms with van der Waals surface area (Å²) in [6, 6.07) is 8.95. The Bertz CT molecular complexity index is 773. The Labute approximate surface area is 143 Å². The van der Waals surface area contributed by atoms with Crippen molar-refractivity contribution < 1.29 is 14.3 Å². The van der Waals surface area contributed by atoms with Gasteiger partial charge in [-0.3, -0.25) is 4.79 Å². The Morgan fingerprint density at radius 1 is 1.00 bits per heavy atom. The minimum Gasteiger partial charge on any atom is -0.454 e. The van der Waals surface area contributed by atoms with E-state index >= 15 is 0 Å². The molecule has 3 heteroatoms. The number of rotatable bonds is 5. The van der Waals surface area contributed by atoms with Gasteiger partial charge in [0.05, 0.1) is 5.56 Å². The molecule has 0 amide bonds. The van der Waals surface area contributed by atoms with Crippen molar-refractivity contribution in [3.8, 4) is 0 Å². The fraction of sp³-hybridized carbons (Fsp3) is 0.238. The van der Waals surface area contributed by atoms with Gasteiger partial charge in [0.15, 0.2) is 6.61 Å². The molecule has 0 aliphatic rings. The third-order valence-corrected chi connectivity index (χ3v) is 4.36. The van der Waals surface area contributed by atoms with Crippen LogP contribution >= 0.6 is 0 Å². The van der Waals surface area contributed by atoms with Gasteiger partial charge in [0.25, 0.3) is 0 Å². The monoisotopic (exact) mass is 322 g/mol. The SMILES string of the molecule is C=Cc1ccc(C(=O)OCC(=O)c2c(C)c(C)cc(C)c2C)cc1. The number of esters is 1. The van der Waals surface area contributed by atoms with Gasteiger partial charge in [0, 0.05) is 5.56 Å². The Kier molecular flexibility index (Phi) is 5.35. The average molecular weight is 322 g/mol. The van der Waals surface area contributed by atoms with E-state index in [4.69, 9.17) is 4.74 Å². The second-order valence-corrected chi connectivity index (χ2v) is 5.96. The number of Topliss-reactive ketones (excluding diaryl/α,β-unsaturated/α-hetero) is 1. The number of carbonyl (C=O) groups is 2. The van der Waals surface area contributed by atoms with Gasteiger partial charge in [0.1, 0.15) is 0 Å². The normalized spacial score (nSPS) is 10.3. The standard InChI is InChI=1S/C21H22O3/c1-6-17-7-9-18(10-8-17)21(23)24-12-19(22)20-15(4)13(2)11-14(3)16(20)5/h6-11H,1,12H2,2-5H3. The number of aryl methyl sites for hydroxylation is 2. The van der Waals surface area contributed by atoms with Crippen LogP contribution in [-0.4, -0.2) is 18.4 Å². The molecule has 0 heterocycles. The number of carbonyl (C=O) groups excluding carboxylic acids is 2. The van der Waals surface area contributed by atoms with E-state index in [2.05, 4.69) is 12.6 Å². The van der Waals surface area contributed by atoms with Crippen molar-refractivity contribution in [2.24, 2.45) is 0 Å². The fourth-order valence-corrected chi connectivity index (χ4v) is 2.68. The van der Waals surface area contributed by atoms with Crippen LogP contribution in [0.1, 0.15) is 48.5 Å². The molecule has 0 radical (unpaired) electrons. The molecule has 0 aromatic heterocycles. The molecule has 0 aliphatic heterocycles. The molecule has 0 bridgehead atoms. The lowest BCUT2D eigenvalue weighted by Crippen LogP contribution is -2.17. The Hall–Kier alpha value is -2.68. The van der Waals surface area contributed by atoms with Crippen molar-refractivity contribution in [2.45, 2.75) is 27.7 Å². The smallest absolute Gasteiger partial charge is 0.338 e. The summed E-state index contributed by atoms with van der Waals surface area (Å²) in [7, 11) is 0. The van der Waals surface area contributed by atoms with Crippen LogP contribution in [-0.2, 0) is 4.74 Å². The lowest BCUT2D eigenvalue weighted by atomic mass is 9.92. The zero-order chi connectivity index (χ0) is 17.9. The first kappa shape index (κ1) is 17.7. The predicted molar refractivity (Wildman–Crippen MR) is 96.5 cm³/mol. The van der Waals surface area contributed by atoms with E-state index in [0.29, 0.717) is 11.1 Å². The van der Waals surface area contributed by atoms with Crippen LogP contribution in [0.5, 0.6) is 0 Å². The van der Waals surface area contributed by atoms with Crippen LogP contribution in [0.3, 0.4) is 0 Å². The molecule has 0 atom stereocenters. The molecule has 0 spiro atoms. The van der Waals surface area contributed by atoms with E-state index in [9.17, 15) is 9.59 Å². The van der Waals surface area contributed by atoms with E-state index in [1.807, 2.05) is 27.7 Å². The quantitative estimate of drug-likeness (QED) is 0.597. The number of ketones is 1. The average Bonchev–Trinajstić information content (AvgIpc) is 2.58. The molecule has 2 aromatic carbocycles. The first-order valence-corrected chi connectivity index (χ1v) is 7.85. The summed E-state index contributed by atoms with van der Waals surface area (Å²) < 4.78 is 5.19. The number of hydrogen-bond donors (Lipinski definition) is 0. The summed E-state index contributed by atoms with van der Waals surface area (Å²) in [4.78, 5) is 24.6. The molecule has 24 heavy (non-hydrogen) atoms. The Balaban J connectivity index is 2.13. The molecular formula is C21H22O3. The van der Waals surface area contributed by atoms with Gasteiger partial charge < -0.3 is 4.74 Å². The third kappa shape index (κ3) is 3.62. The van der Waals surface area contributed by atoms with Crippen molar-refractivity contribution in [2.75, 3.05) is 6.61 Å². The van der Waals surface area contributed by atoms with Gasteiger partial charge in [-0.2, -0.15) is 0 Å². The van der Waals surface area contributed by atoms with E-state index < -0.39 is 5.97 Å². The zero-order valence-electron chi connectivity index (χ0n) is 14.6. The van der Waals surface area contributed by atoms with E-state index in [1.54, 1.807) is 30.3 Å². The minimum atomic E-state index is -0.501. The summed E-state index contributed by atoms with van der Waals surface area (Å²) in [5.74, 6) is -0.675. The molecule has 2 rings (SSSR count). The molecule has 2 aromatic rings. The van der Waals surface area contributed by atoms with Gasteiger partial charge in [-0.25, -0.2) is 4.79 Å². The second kappa shape index (κ2) is 7.26. The van der Waals surface area contributed by atoms with Gasteiger partial charge >= 0.3 is 5.97 Å². The summed E-state index contributed by atoms with van der Waals surface area (Å²) in [5, 5.41) is 0. The molecule has 0 saturated heterocycles. The largest absolute Gasteiger partial charge is 0.454 e. The highest BCUT2D eigenvalue weighted by Gasteiger charge is 2.18. The molecule has 3 nitrogen and oxygen atoms in total. The lowest BCUT2D eigenvalue weighted by molar-refractivity contribution is 0.0474. The molecule has 0 N–H and O–H groups in total. The molecule has 0 unspecified atom stereocenters. The molecule has 0 fully saturated rings. The van der Waals surface area contributed by atoms with Crippen LogP contribution in [0.15, 0.2) is 36.9 Å². The van der Waals surface area contributed by atoms with Gasteiger partial charge in [-0.05, 0) is 67.6 Å². The summed E-state index contributed by atoms with van der Waals surface area (Å²) in [6.45, 7) is 11.2. The minimum absolute atomic E-state index is 0.173. The van der Waals surface area contributed by atoms with Crippen molar-refractivity contribution in [1.82, 2.24) is 0 Å².